The summed E-state index contributed by atoms with van der Waals surface area (Å²) in [6.07, 6.45) is -0.477. The third kappa shape index (κ3) is 4.43. The Hall–Kier alpha value is -2.68. The van der Waals surface area contributed by atoms with Crippen molar-refractivity contribution in [2.45, 2.75) is 71.4 Å². The van der Waals surface area contributed by atoms with Crippen molar-refractivity contribution in [2.75, 3.05) is 6.54 Å². The number of piperidine rings is 1. The summed E-state index contributed by atoms with van der Waals surface area (Å²) in [5, 5.41) is 0. The van der Waals surface area contributed by atoms with Gasteiger partial charge in [0, 0.05) is 11.1 Å². The van der Waals surface area contributed by atoms with Gasteiger partial charge in [0.2, 0.25) is 17.5 Å². The summed E-state index contributed by atoms with van der Waals surface area (Å²) >= 11 is 0. The Balaban J connectivity index is 1.65. The van der Waals surface area contributed by atoms with Crippen molar-refractivity contribution in [3.8, 4) is 5.75 Å². The molecule has 0 aliphatic carbocycles. The highest BCUT2D eigenvalue weighted by atomic mass is 19.4. The number of amides is 1. The van der Waals surface area contributed by atoms with Crippen LogP contribution in [-0.2, 0) is 20.9 Å². The molecule has 1 amide bonds. The first kappa shape index (κ1) is 23.5. The zero-order chi connectivity index (χ0) is 24.1. The Morgan fingerprint density at radius 2 is 1.85 bits per heavy atom. The first-order valence-electron chi connectivity index (χ1n) is 11.2. The number of carbonyl (C=O) groups excluding carboxylic acids is 3. The molecule has 0 N–H and O–H groups in total. The number of ether oxygens (including phenoxy) is 1. The maximum atomic E-state index is 13.3. The lowest BCUT2D eigenvalue weighted by atomic mass is 9.81. The van der Waals surface area contributed by atoms with E-state index in [1.165, 1.54) is 18.2 Å². The molecule has 3 heterocycles. The van der Waals surface area contributed by atoms with Crippen LogP contribution in [0.15, 0.2) is 23.9 Å². The quantitative estimate of drug-likeness (QED) is 0.594. The normalized spacial score (nSPS) is 22.9. The molecule has 2 atom stereocenters. The predicted octanol–water partition coefficient (Wildman–Crippen LogP) is 4.08. The number of ketones is 2. The lowest BCUT2D eigenvalue weighted by Gasteiger charge is -2.51. The lowest BCUT2D eigenvalue weighted by Crippen LogP contribution is -2.63. The second kappa shape index (κ2) is 8.27. The van der Waals surface area contributed by atoms with Crippen LogP contribution in [-0.4, -0.2) is 52.3 Å². The average Bonchev–Trinajstić information content (AvgIpc) is 2.75. The van der Waals surface area contributed by atoms with E-state index in [0.29, 0.717) is 30.5 Å². The predicted molar refractivity (Wildman–Crippen MR) is 114 cm³/mol. The molecule has 6 nitrogen and oxygen atoms in total. The summed E-state index contributed by atoms with van der Waals surface area (Å²) in [6, 6.07) is 3.34. The fourth-order valence-electron chi connectivity index (χ4n) is 4.84. The average molecular weight is 464 g/mol. The van der Waals surface area contributed by atoms with Crippen LogP contribution in [0.5, 0.6) is 5.75 Å². The Morgan fingerprint density at radius 3 is 2.52 bits per heavy atom. The summed E-state index contributed by atoms with van der Waals surface area (Å²) in [4.78, 5) is 42.3. The van der Waals surface area contributed by atoms with Gasteiger partial charge >= 0.3 is 6.36 Å². The van der Waals surface area contributed by atoms with Gasteiger partial charge in [-0.05, 0) is 55.0 Å². The van der Waals surface area contributed by atoms with Crippen LogP contribution in [0.25, 0.3) is 6.08 Å². The van der Waals surface area contributed by atoms with Crippen LogP contribution < -0.4 is 4.74 Å². The topological polar surface area (TPSA) is 66.9 Å². The third-order valence-corrected chi connectivity index (χ3v) is 7.02. The van der Waals surface area contributed by atoms with Gasteiger partial charge in [-0.25, -0.2) is 0 Å². The van der Waals surface area contributed by atoms with E-state index < -0.39 is 29.4 Å². The van der Waals surface area contributed by atoms with Gasteiger partial charge in [-0.1, -0.05) is 26.8 Å². The molecule has 2 fully saturated rings. The minimum Gasteiger partial charge on any atom is -0.406 e. The highest BCUT2D eigenvalue weighted by molar-refractivity contribution is 6.39. The molecule has 0 saturated carbocycles. The van der Waals surface area contributed by atoms with Crippen LogP contribution in [0.2, 0.25) is 0 Å². The van der Waals surface area contributed by atoms with Crippen molar-refractivity contribution in [3.05, 3.63) is 35.0 Å². The summed E-state index contributed by atoms with van der Waals surface area (Å²) in [5.74, 6) is -1.43. The molecule has 33 heavy (non-hydrogen) atoms. The van der Waals surface area contributed by atoms with Crippen LogP contribution in [0.1, 0.15) is 57.6 Å². The molecule has 0 radical (unpaired) electrons. The van der Waals surface area contributed by atoms with E-state index in [9.17, 15) is 27.6 Å². The number of carbonyl (C=O) groups is 3. The summed E-state index contributed by atoms with van der Waals surface area (Å²) in [7, 11) is 0. The Bertz CT molecular complexity index is 1030. The minimum absolute atomic E-state index is 0.140. The second-order valence-corrected chi connectivity index (χ2v) is 9.53. The van der Waals surface area contributed by atoms with Crippen molar-refractivity contribution < 1.29 is 32.3 Å². The largest absolute Gasteiger partial charge is 0.573 e. The summed E-state index contributed by atoms with van der Waals surface area (Å²) in [6.45, 7) is 5.43. The number of piperazine rings is 1. The number of hydrogen-bond acceptors (Lipinski definition) is 5. The molecule has 0 spiro atoms. The first-order chi connectivity index (χ1) is 15.4. The zero-order valence-electron chi connectivity index (χ0n) is 18.9. The number of alkyl halides is 3. The summed E-state index contributed by atoms with van der Waals surface area (Å²) < 4.78 is 42.0. The number of Topliss-reactive ketones (excluding diaryl/α,β-unsaturated/α-hetero) is 2. The molecule has 1 aromatic rings. The molecular formula is C24H27F3N2O4. The van der Waals surface area contributed by atoms with Gasteiger partial charge in [0.1, 0.15) is 5.75 Å². The Kier molecular flexibility index (Phi) is 5.88. The Labute approximate surface area is 190 Å². The number of nitrogens with zero attached hydrogens (tertiary/aromatic N) is 2. The van der Waals surface area contributed by atoms with E-state index >= 15 is 0 Å². The van der Waals surface area contributed by atoms with Gasteiger partial charge in [0.05, 0.1) is 25.2 Å². The highest BCUT2D eigenvalue weighted by Gasteiger charge is 2.48. The molecule has 2 saturated heterocycles. The monoisotopic (exact) mass is 464 g/mol. The second-order valence-electron chi connectivity index (χ2n) is 9.53. The fourth-order valence-corrected chi connectivity index (χ4v) is 4.84. The Morgan fingerprint density at radius 1 is 1.15 bits per heavy atom. The van der Waals surface area contributed by atoms with Gasteiger partial charge < -0.3 is 9.64 Å². The number of rotatable bonds is 6. The maximum absolute atomic E-state index is 13.3. The molecule has 1 aromatic carbocycles. The van der Waals surface area contributed by atoms with Gasteiger partial charge in [-0.2, -0.15) is 0 Å². The van der Waals surface area contributed by atoms with Gasteiger partial charge in [-0.3, -0.25) is 19.3 Å². The zero-order valence-corrected chi connectivity index (χ0v) is 18.9. The van der Waals surface area contributed by atoms with Gasteiger partial charge in [0.15, 0.2) is 0 Å². The molecule has 9 heteroatoms. The van der Waals surface area contributed by atoms with E-state index in [-0.39, 0.29) is 30.8 Å². The maximum Gasteiger partial charge on any atom is 0.573 e. The van der Waals surface area contributed by atoms with E-state index in [1.54, 1.807) is 29.7 Å². The number of hydrogen-bond donors (Lipinski definition) is 0. The van der Waals surface area contributed by atoms with E-state index in [4.69, 9.17) is 0 Å². The standard InChI is InChI=1S/C24H27F3N2O4/c1-4-23(2,3)21(31)20(30)13-28-17-6-5-7-18(28)22(32)29-12-14-8-9-16(33-24(25,26)27)10-15(14)11-19(17)29/h8-11,17-18H,4-7,12-13H2,1-3H3. The first-order valence-corrected chi connectivity index (χ1v) is 11.2. The smallest absolute Gasteiger partial charge is 0.406 e. The van der Waals surface area contributed by atoms with E-state index in [1.807, 2.05) is 6.92 Å². The van der Waals surface area contributed by atoms with Crippen molar-refractivity contribution in [3.63, 3.8) is 0 Å². The number of benzene rings is 1. The third-order valence-electron chi connectivity index (χ3n) is 7.02. The van der Waals surface area contributed by atoms with E-state index in [0.717, 1.165) is 12.0 Å². The van der Waals surface area contributed by atoms with Gasteiger partial charge in [0.25, 0.3) is 0 Å². The fraction of sp³-hybridized carbons (Fsp3) is 0.542. The molecule has 2 unspecified atom stereocenters. The molecule has 3 aliphatic rings. The van der Waals surface area contributed by atoms with Gasteiger partial charge in [-0.15, -0.1) is 13.2 Å². The number of halogens is 3. The lowest BCUT2D eigenvalue weighted by molar-refractivity contribution is -0.274. The summed E-state index contributed by atoms with van der Waals surface area (Å²) in [5.41, 5.74) is 1.16. The van der Waals surface area contributed by atoms with Crippen molar-refractivity contribution in [1.29, 1.82) is 0 Å². The molecule has 178 valence electrons. The van der Waals surface area contributed by atoms with Crippen LogP contribution in [0.4, 0.5) is 13.2 Å². The van der Waals surface area contributed by atoms with Crippen LogP contribution >= 0.6 is 0 Å². The van der Waals surface area contributed by atoms with Crippen molar-refractivity contribution in [2.24, 2.45) is 5.41 Å². The molecule has 4 rings (SSSR count). The minimum atomic E-state index is -4.80. The molecule has 0 aromatic heterocycles. The van der Waals surface area contributed by atoms with Crippen LogP contribution in [0, 0.1) is 5.41 Å². The van der Waals surface area contributed by atoms with Crippen molar-refractivity contribution in [1.82, 2.24) is 9.80 Å². The molecular weight excluding hydrogens is 437 g/mol. The SMILES string of the molecule is CCC(C)(C)C(=O)C(=O)CN1C2CCCC1C1=Cc3cc(OC(F)(F)F)ccc3CN1C2=O. The number of fused-ring (bicyclic) bond motifs is 5. The van der Waals surface area contributed by atoms with E-state index in [2.05, 4.69) is 4.74 Å². The van der Waals surface area contributed by atoms with Crippen molar-refractivity contribution >= 4 is 23.5 Å². The molecule has 2 bridgehead atoms. The van der Waals surface area contributed by atoms with Crippen LogP contribution in [0.3, 0.4) is 0 Å². The molecule has 3 aliphatic heterocycles. The highest BCUT2D eigenvalue weighted by Crippen LogP contribution is 2.41.